The lowest BCUT2D eigenvalue weighted by atomic mass is 10.1. The van der Waals surface area contributed by atoms with Crippen molar-refractivity contribution in [3.8, 4) is 5.75 Å². The quantitative estimate of drug-likeness (QED) is 0.924. The van der Waals surface area contributed by atoms with Crippen LogP contribution in [0.4, 0.5) is 8.78 Å². The second-order valence-electron chi connectivity index (χ2n) is 4.45. The molecule has 2 aromatic rings. The summed E-state index contributed by atoms with van der Waals surface area (Å²) in [5.74, 6) is -0.0798. The number of furan rings is 1. The molecule has 2 atom stereocenters. The van der Waals surface area contributed by atoms with Gasteiger partial charge in [-0.2, -0.15) is 0 Å². The minimum atomic E-state index is -0.700. The largest absolute Gasteiger partial charge is 0.481 e. The fourth-order valence-corrected chi connectivity index (χ4v) is 1.77. The molecule has 0 amide bonds. The third-order valence-corrected chi connectivity index (χ3v) is 2.62. The topological polar surface area (TPSA) is 48.4 Å². The molecule has 1 aromatic heterocycles. The molecule has 1 heterocycles. The molecule has 102 valence electrons. The highest BCUT2D eigenvalue weighted by Gasteiger charge is 2.22. The smallest absolute Gasteiger partial charge is 0.171 e. The number of halogens is 2. The number of aryl methyl sites for hydroxylation is 1. The van der Waals surface area contributed by atoms with Gasteiger partial charge >= 0.3 is 0 Å². The predicted molar refractivity (Wildman–Crippen MR) is 66.8 cm³/mol. The Kier molecular flexibility index (Phi) is 3.85. The highest BCUT2D eigenvalue weighted by atomic mass is 19.1. The van der Waals surface area contributed by atoms with Gasteiger partial charge in [-0.05, 0) is 26.0 Å². The zero-order chi connectivity index (χ0) is 14.0. The first-order chi connectivity index (χ1) is 8.95. The summed E-state index contributed by atoms with van der Waals surface area (Å²) in [5.41, 5.74) is 5.83. The van der Waals surface area contributed by atoms with E-state index in [1.807, 2.05) is 0 Å². The molecule has 5 heteroatoms. The monoisotopic (exact) mass is 267 g/mol. The van der Waals surface area contributed by atoms with Gasteiger partial charge in [0.05, 0.1) is 0 Å². The van der Waals surface area contributed by atoms with Gasteiger partial charge in [0.25, 0.3) is 0 Å². The standard InChI is InChI=1S/C14H15F2NO2/c1-8-3-4-13(18-8)14(9(2)17)19-12-6-10(15)5-11(16)7-12/h3-7,9,14H,17H2,1-2H3. The van der Waals surface area contributed by atoms with Crippen LogP contribution in [0.3, 0.4) is 0 Å². The lowest BCUT2D eigenvalue weighted by Crippen LogP contribution is -2.28. The van der Waals surface area contributed by atoms with Gasteiger partial charge in [-0.25, -0.2) is 8.78 Å². The first-order valence-corrected chi connectivity index (χ1v) is 5.90. The Hall–Kier alpha value is -1.88. The van der Waals surface area contributed by atoms with E-state index in [4.69, 9.17) is 14.9 Å². The van der Waals surface area contributed by atoms with Gasteiger partial charge in [0.2, 0.25) is 0 Å². The SMILES string of the molecule is Cc1ccc(C(Oc2cc(F)cc(F)c2)C(C)N)o1. The van der Waals surface area contributed by atoms with Gasteiger partial charge < -0.3 is 14.9 Å². The molecule has 0 fully saturated rings. The Labute approximate surface area is 110 Å². The van der Waals surface area contributed by atoms with Crippen molar-refractivity contribution in [3.05, 3.63) is 53.5 Å². The molecule has 2 rings (SSSR count). The molecule has 2 N–H and O–H groups in total. The van der Waals surface area contributed by atoms with Gasteiger partial charge in [0.1, 0.15) is 28.9 Å². The highest BCUT2D eigenvalue weighted by Crippen LogP contribution is 2.26. The van der Waals surface area contributed by atoms with Crippen molar-refractivity contribution < 1.29 is 17.9 Å². The molecule has 1 aromatic carbocycles. The summed E-state index contributed by atoms with van der Waals surface area (Å²) in [6.45, 7) is 3.53. The summed E-state index contributed by atoms with van der Waals surface area (Å²) in [7, 11) is 0. The van der Waals surface area contributed by atoms with Crippen LogP contribution < -0.4 is 10.5 Å². The highest BCUT2D eigenvalue weighted by molar-refractivity contribution is 5.25. The Balaban J connectivity index is 2.26. The van der Waals surface area contributed by atoms with Gasteiger partial charge in [0, 0.05) is 24.2 Å². The average Bonchev–Trinajstić information content (AvgIpc) is 2.70. The summed E-state index contributed by atoms with van der Waals surface area (Å²) in [6.07, 6.45) is -0.602. The minimum absolute atomic E-state index is 0.0776. The fourth-order valence-electron chi connectivity index (χ4n) is 1.77. The van der Waals surface area contributed by atoms with Gasteiger partial charge in [0.15, 0.2) is 6.10 Å². The van der Waals surface area contributed by atoms with E-state index in [-0.39, 0.29) is 5.75 Å². The summed E-state index contributed by atoms with van der Waals surface area (Å²) in [4.78, 5) is 0. The van der Waals surface area contributed by atoms with E-state index < -0.39 is 23.8 Å². The van der Waals surface area contributed by atoms with E-state index in [9.17, 15) is 8.78 Å². The average molecular weight is 267 g/mol. The zero-order valence-corrected chi connectivity index (χ0v) is 10.7. The molecule has 2 unspecified atom stereocenters. The first-order valence-electron chi connectivity index (χ1n) is 5.90. The number of benzene rings is 1. The van der Waals surface area contributed by atoms with Crippen molar-refractivity contribution in [1.82, 2.24) is 0 Å². The lowest BCUT2D eigenvalue weighted by Gasteiger charge is -2.20. The Morgan fingerprint density at radius 3 is 2.26 bits per heavy atom. The maximum Gasteiger partial charge on any atom is 0.171 e. The molecule has 3 nitrogen and oxygen atoms in total. The second kappa shape index (κ2) is 5.40. The van der Waals surface area contributed by atoms with Gasteiger partial charge in [-0.15, -0.1) is 0 Å². The van der Waals surface area contributed by atoms with Crippen molar-refractivity contribution in [1.29, 1.82) is 0 Å². The van der Waals surface area contributed by atoms with E-state index in [2.05, 4.69) is 0 Å². The molecule has 0 radical (unpaired) electrons. The molecule has 0 aliphatic heterocycles. The first kappa shape index (κ1) is 13.5. The van der Waals surface area contributed by atoms with Crippen molar-refractivity contribution in [2.45, 2.75) is 26.0 Å². The van der Waals surface area contributed by atoms with Gasteiger partial charge in [-0.1, -0.05) is 0 Å². The predicted octanol–water partition coefficient (Wildman–Crippen LogP) is 3.33. The molecule has 0 aliphatic rings. The van der Waals surface area contributed by atoms with Crippen molar-refractivity contribution in [3.63, 3.8) is 0 Å². The van der Waals surface area contributed by atoms with Crippen LogP contribution in [0.2, 0.25) is 0 Å². The maximum absolute atomic E-state index is 13.1. The van der Waals surface area contributed by atoms with Crippen LogP contribution >= 0.6 is 0 Å². The van der Waals surface area contributed by atoms with Crippen molar-refractivity contribution in [2.75, 3.05) is 0 Å². The fraction of sp³-hybridized carbons (Fsp3) is 0.286. The molecule has 19 heavy (non-hydrogen) atoms. The second-order valence-corrected chi connectivity index (χ2v) is 4.45. The number of hydrogen-bond donors (Lipinski definition) is 1. The lowest BCUT2D eigenvalue weighted by molar-refractivity contribution is 0.150. The number of rotatable bonds is 4. The maximum atomic E-state index is 13.1. The minimum Gasteiger partial charge on any atom is -0.481 e. The third-order valence-electron chi connectivity index (χ3n) is 2.62. The molecule has 0 saturated carbocycles. The third kappa shape index (κ3) is 3.32. The molecule has 0 saturated heterocycles. The van der Waals surface area contributed by atoms with Crippen LogP contribution in [0.5, 0.6) is 5.75 Å². The number of hydrogen-bond acceptors (Lipinski definition) is 3. The van der Waals surface area contributed by atoms with E-state index in [1.165, 1.54) is 0 Å². The van der Waals surface area contributed by atoms with Gasteiger partial charge in [-0.3, -0.25) is 0 Å². The molecular weight excluding hydrogens is 252 g/mol. The van der Waals surface area contributed by atoms with Crippen LogP contribution in [-0.4, -0.2) is 6.04 Å². The van der Waals surface area contributed by atoms with Crippen molar-refractivity contribution in [2.24, 2.45) is 5.73 Å². The van der Waals surface area contributed by atoms with Crippen molar-refractivity contribution >= 4 is 0 Å². The van der Waals surface area contributed by atoms with Crippen LogP contribution in [0.1, 0.15) is 24.5 Å². The van der Waals surface area contributed by atoms with E-state index in [1.54, 1.807) is 26.0 Å². The number of nitrogens with two attached hydrogens (primary N) is 1. The Bertz CT molecular complexity index is 546. The molecular formula is C14H15F2NO2. The molecule has 0 bridgehead atoms. The van der Waals surface area contributed by atoms with E-state index in [0.717, 1.165) is 24.0 Å². The molecule has 0 spiro atoms. The summed E-state index contributed by atoms with van der Waals surface area (Å²) in [6, 6.07) is 6.11. The Morgan fingerprint density at radius 2 is 1.79 bits per heavy atom. The van der Waals surface area contributed by atoms with E-state index >= 15 is 0 Å². The summed E-state index contributed by atoms with van der Waals surface area (Å²) >= 11 is 0. The van der Waals surface area contributed by atoms with Crippen LogP contribution in [0.15, 0.2) is 34.7 Å². The normalized spacial score (nSPS) is 14.2. The number of ether oxygens (including phenoxy) is 1. The van der Waals surface area contributed by atoms with Crippen LogP contribution in [0, 0.1) is 18.6 Å². The van der Waals surface area contributed by atoms with Crippen LogP contribution in [0.25, 0.3) is 0 Å². The van der Waals surface area contributed by atoms with Crippen LogP contribution in [-0.2, 0) is 0 Å². The van der Waals surface area contributed by atoms with E-state index in [0.29, 0.717) is 5.76 Å². The Morgan fingerprint density at radius 1 is 1.16 bits per heavy atom. The summed E-state index contributed by atoms with van der Waals surface area (Å²) < 4.78 is 37.2. The summed E-state index contributed by atoms with van der Waals surface area (Å²) in [5, 5.41) is 0. The molecule has 0 aliphatic carbocycles. The zero-order valence-electron chi connectivity index (χ0n) is 10.7.